The van der Waals surface area contributed by atoms with Gasteiger partial charge in [0.15, 0.2) is 0 Å². The van der Waals surface area contributed by atoms with Crippen LogP contribution in [0, 0.1) is 14.9 Å². The molecule has 18 heavy (non-hydrogen) atoms. The molecule has 1 unspecified atom stereocenters. The van der Waals surface area contributed by atoms with E-state index in [4.69, 9.17) is 4.78 Å². The molecule has 0 aliphatic carbocycles. The Bertz CT molecular complexity index is 664. The molecule has 2 aromatic carbocycles. The van der Waals surface area contributed by atoms with E-state index >= 15 is 0 Å². The van der Waals surface area contributed by atoms with Crippen molar-refractivity contribution in [3.05, 3.63) is 64.7 Å². The highest BCUT2D eigenvalue weighted by atomic mass is 32.2. The molecule has 0 aliphatic heterocycles. The number of nitrogens with one attached hydrogen (secondary N) is 1. The molecular weight excluding hydrogens is 252 g/mol. The summed E-state index contributed by atoms with van der Waals surface area (Å²) < 4.78 is 20.3. The molecule has 0 aliphatic rings. The van der Waals surface area contributed by atoms with E-state index in [0.29, 0.717) is 4.90 Å². The Morgan fingerprint density at radius 1 is 0.944 bits per heavy atom. The molecule has 0 saturated carbocycles. The van der Waals surface area contributed by atoms with E-state index in [2.05, 4.69) is 0 Å². The number of nitro benzene ring substituents is 1. The van der Waals surface area contributed by atoms with Crippen molar-refractivity contribution in [3.63, 3.8) is 0 Å². The lowest BCUT2D eigenvalue weighted by molar-refractivity contribution is -0.384. The highest BCUT2D eigenvalue weighted by Gasteiger charge is 2.14. The minimum atomic E-state index is -3.10. The van der Waals surface area contributed by atoms with Crippen molar-refractivity contribution in [2.75, 3.05) is 0 Å². The molecule has 92 valence electrons. The van der Waals surface area contributed by atoms with Gasteiger partial charge in [0.1, 0.15) is 9.73 Å². The van der Waals surface area contributed by atoms with E-state index in [1.807, 2.05) is 0 Å². The molecule has 2 rings (SSSR count). The van der Waals surface area contributed by atoms with Crippen molar-refractivity contribution in [2.45, 2.75) is 9.79 Å². The number of hydrogen-bond acceptors (Lipinski definition) is 4. The molecule has 0 amide bonds. The minimum Gasteiger partial charge on any atom is -0.258 e. The normalized spacial score (nSPS) is 13.8. The minimum absolute atomic E-state index is 0.0815. The molecule has 0 spiro atoms. The Kier molecular flexibility index (Phi) is 3.12. The maximum absolute atomic E-state index is 12.4. The quantitative estimate of drug-likeness (QED) is 0.681. The molecule has 0 aromatic heterocycles. The van der Waals surface area contributed by atoms with E-state index in [0.717, 1.165) is 0 Å². The van der Waals surface area contributed by atoms with Crippen LogP contribution in [-0.4, -0.2) is 9.13 Å². The maximum Gasteiger partial charge on any atom is 0.269 e. The summed E-state index contributed by atoms with van der Waals surface area (Å²) in [5, 5.41) is 10.5. The van der Waals surface area contributed by atoms with Crippen LogP contribution in [-0.2, 0) is 9.73 Å². The summed E-state index contributed by atoms with van der Waals surface area (Å²) >= 11 is 0. The van der Waals surface area contributed by atoms with Gasteiger partial charge in [-0.2, -0.15) is 0 Å². The van der Waals surface area contributed by atoms with Crippen molar-refractivity contribution < 1.29 is 9.13 Å². The number of non-ortho nitro benzene ring substituents is 1. The van der Waals surface area contributed by atoms with E-state index in [1.54, 1.807) is 30.3 Å². The maximum atomic E-state index is 12.4. The first kappa shape index (κ1) is 12.3. The topological polar surface area (TPSA) is 84.1 Å². The van der Waals surface area contributed by atoms with Crippen LogP contribution in [0.25, 0.3) is 0 Å². The Morgan fingerprint density at radius 3 is 1.94 bits per heavy atom. The molecular formula is C12H10N2O3S. The smallest absolute Gasteiger partial charge is 0.258 e. The number of nitro groups is 1. The monoisotopic (exact) mass is 262 g/mol. The lowest BCUT2D eigenvalue weighted by Gasteiger charge is -2.07. The second-order valence-electron chi connectivity index (χ2n) is 3.62. The fraction of sp³-hybridized carbons (Fsp3) is 0. The Morgan fingerprint density at radius 2 is 1.44 bits per heavy atom. The van der Waals surface area contributed by atoms with Gasteiger partial charge < -0.3 is 0 Å². The molecule has 5 nitrogen and oxygen atoms in total. The van der Waals surface area contributed by atoms with Gasteiger partial charge in [0, 0.05) is 12.1 Å². The van der Waals surface area contributed by atoms with Gasteiger partial charge in [0.2, 0.25) is 0 Å². The summed E-state index contributed by atoms with van der Waals surface area (Å²) in [6.07, 6.45) is 0. The zero-order valence-electron chi connectivity index (χ0n) is 9.28. The fourth-order valence-corrected chi connectivity index (χ4v) is 2.84. The standard InChI is InChI=1S/C12H10N2O3S/c13-18(17,11-4-2-1-3-5-11)12-8-6-10(7-9-12)14(15)16/h1-9,13H. The molecule has 0 saturated heterocycles. The van der Waals surface area contributed by atoms with Crippen LogP contribution in [0.4, 0.5) is 5.69 Å². The Balaban J connectivity index is 2.46. The second-order valence-corrected chi connectivity index (χ2v) is 5.68. The third kappa shape index (κ3) is 2.23. The SMILES string of the molecule is N=S(=O)(c1ccccc1)c1ccc([N+](=O)[O-])cc1. The summed E-state index contributed by atoms with van der Waals surface area (Å²) in [5.74, 6) is 0. The number of benzene rings is 2. The summed E-state index contributed by atoms with van der Waals surface area (Å²) in [4.78, 5) is 10.6. The highest BCUT2D eigenvalue weighted by molar-refractivity contribution is 7.92. The van der Waals surface area contributed by atoms with Gasteiger partial charge in [-0.25, -0.2) is 8.99 Å². The van der Waals surface area contributed by atoms with Crippen LogP contribution in [0.1, 0.15) is 0 Å². The lowest BCUT2D eigenvalue weighted by atomic mass is 10.3. The van der Waals surface area contributed by atoms with Crippen molar-refractivity contribution in [2.24, 2.45) is 0 Å². The van der Waals surface area contributed by atoms with Gasteiger partial charge in [-0.1, -0.05) is 18.2 Å². The van der Waals surface area contributed by atoms with Gasteiger partial charge in [0.25, 0.3) is 5.69 Å². The third-order valence-corrected chi connectivity index (χ3v) is 4.33. The average molecular weight is 262 g/mol. The predicted octanol–water partition coefficient (Wildman–Crippen LogP) is 3.06. The van der Waals surface area contributed by atoms with Crippen LogP contribution in [0.15, 0.2) is 64.4 Å². The van der Waals surface area contributed by atoms with E-state index in [-0.39, 0.29) is 10.6 Å². The summed E-state index contributed by atoms with van der Waals surface area (Å²) in [5.41, 5.74) is -0.0815. The van der Waals surface area contributed by atoms with Crippen LogP contribution >= 0.6 is 0 Å². The average Bonchev–Trinajstić information content (AvgIpc) is 2.40. The molecule has 6 heteroatoms. The third-order valence-electron chi connectivity index (χ3n) is 2.45. The van der Waals surface area contributed by atoms with E-state index in [9.17, 15) is 14.3 Å². The molecule has 1 atom stereocenters. The highest BCUT2D eigenvalue weighted by Crippen LogP contribution is 2.23. The molecule has 0 fully saturated rings. The summed E-state index contributed by atoms with van der Waals surface area (Å²) in [6, 6.07) is 13.6. The van der Waals surface area contributed by atoms with Gasteiger partial charge in [-0.3, -0.25) is 10.1 Å². The number of hydrogen-bond donors (Lipinski definition) is 1. The van der Waals surface area contributed by atoms with Gasteiger partial charge in [0.05, 0.1) is 14.7 Å². The zero-order valence-corrected chi connectivity index (χ0v) is 10.1. The van der Waals surface area contributed by atoms with Crippen LogP contribution in [0.5, 0.6) is 0 Å². The second kappa shape index (κ2) is 4.58. The fourth-order valence-electron chi connectivity index (χ4n) is 1.51. The number of nitrogens with zero attached hydrogens (tertiary/aromatic N) is 1. The van der Waals surface area contributed by atoms with Crippen molar-refractivity contribution in [1.82, 2.24) is 0 Å². The molecule has 0 radical (unpaired) electrons. The summed E-state index contributed by atoms with van der Waals surface area (Å²) in [6.45, 7) is 0. The largest absolute Gasteiger partial charge is 0.269 e. The summed E-state index contributed by atoms with van der Waals surface area (Å²) in [7, 11) is -3.10. The molecule has 0 bridgehead atoms. The van der Waals surface area contributed by atoms with E-state index in [1.165, 1.54) is 24.3 Å². The lowest BCUT2D eigenvalue weighted by Crippen LogP contribution is -1.99. The Labute approximate surface area is 104 Å². The van der Waals surface area contributed by atoms with Crippen molar-refractivity contribution in [3.8, 4) is 0 Å². The molecule has 0 heterocycles. The molecule has 1 N–H and O–H groups in total. The van der Waals surface area contributed by atoms with Crippen molar-refractivity contribution >= 4 is 15.4 Å². The van der Waals surface area contributed by atoms with Crippen LogP contribution in [0.3, 0.4) is 0 Å². The molecule has 2 aromatic rings. The first-order valence-corrected chi connectivity index (χ1v) is 6.66. The first-order chi connectivity index (χ1) is 8.51. The number of rotatable bonds is 3. The van der Waals surface area contributed by atoms with Crippen LogP contribution in [0.2, 0.25) is 0 Å². The predicted molar refractivity (Wildman–Crippen MR) is 66.9 cm³/mol. The zero-order chi connectivity index (χ0) is 13.2. The van der Waals surface area contributed by atoms with Crippen molar-refractivity contribution in [1.29, 1.82) is 4.78 Å². The van der Waals surface area contributed by atoms with E-state index < -0.39 is 14.7 Å². The van der Waals surface area contributed by atoms with Gasteiger partial charge >= 0.3 is 0 Å². The first-order valence-electron chi connectivity index (χ1n) is 5.10. The van der Waals surface area contributed by atoms with Gasteiger partial charge in [-0.05, 0) is 24.3 Å². The van der Waals surface area contributed by atoms with Gasteiger partial charge in [-0.15, -0.1) is 0 Å². The Hall–Kier alpha value is -2.21. The van der Waals surface area contributed by atoms with Crippen LogP contribution < -0.4 is 0 Å².